The number of hydrogen-bond donors (Lipinski definition) is 0. The molecule has 0 N–H and O–H groups in total. The normalized spacial score (nSPS) is 12.9. The van der Waals surface area contributed by atoms with E-state index >= 15 is 0 Å². The van der Waals surface area contributed by atoms with Gasteiger partial charge in [0.2, 0.25) is 0 Å². The first-order valence-corrected chi connectivity index (χ1v) is 4.79. The highest BCUT2D eigenvalue weighted by atomic mass is 35.5. The van der Waals surface area contributed by atoms with Gasteiger partial charge in [0.25, 0.3) is 0 Å². The quantitative estimate of drug-likeness (QED) is 0.527. The molecule has 1 nitrogen and oxygen atoms in total. The fraction of sp³-hybridized carbons (Fsp3) is 0.375. The van der Waals surface area contributed by atoms with E-state index in [0.29, 0.717) is 6.42 Å². The van der Waals surface area contributed by atoms with Crippen molar-refractivity contribution in [1.82, 2.24) is 0 Å². The molecule has 1 aromatic heterocycles. The highest BCUT2D eigenvalue weighted by Crippen LogP contribution is 2.15. The van der Waals surface area contributed by atoms with Crippen molar-refractivity contribution in [3.8, 4) is 0 Å². The smallest absolute Gasteiger partial charge is 0.190 e. The first-order chi connectivity index (χ1) is 5.25. The van der Waals surface area contributed by atoms with Gasteiger partial charge in [0.15, 0.2) is 5.78 Å². The molecule has 0 amide bonds. The Kier molecular flexibility index (Phi) is 3.09. The maximum Gasteiger partial charge on any atom is 0.190 e. The summed E-state index contributed by atoms with van der Waals surface area (Å²) < 4.78 is 0. The Bertz CT molecular complexity index is 230. The highest BCUT2D eigenvalue weighted by molar-refractivity contribution is 7.12. The Morgan fingerprint density at radius 3 is 3.00 bits per heavy atom. The molecule has 0 spiro atoms. The van der Waals surface area contributed by atoms with Gasteiger partial charge in [-0.3, -0.25) is 4.79 Å². The minimum atomic E-state index is -0.353. The van der Waals surface area contributed by atoms with Crippen LogP contribution in [0.15, 0.2) is 17.5 Å². The maximum absolute atomic E-state index is 11.3. The molecular weight excluding hydrogens is 180 g/mol. The summed E-state index contributed by atoms with van der Waals surface area (Å²) in [5.41, 5.74) is 0. The standard InChI is InChI=1S/C8H9ClOS/c1-2-6(9)8(10)7-4-3-5-11-7/h3-6H,2H2,1H3. The van der Waals surface area contributed by atoms with Crippen LogP contribution in [0.5, 0.6) is 0 Å². The number of Topliss-reactive ketones (excluding diaryl/α,β-unsaturated/α-hetero) is 1. The summed E-state index contributed by atoms with van der Waals surface area (Å²) in [7, 11) is 0. The lowest BCUT2D eigenvalue weighted by atomic mass is 10.2. The number of thiophene rings is 1. The minimum Gasteiger partial charge on any atom is -0.292 e. The zero-order valence-corrected chi connectivity index (χ0v) is 7.78. The van der Waals surface area contributed by atoms with Crippen LogP contribution >= 0.6 is 22.9 Å². The number of rotatable bonds is 3. The van der Waals surface area contributed by atoms with Crippen LogP contribution in [0, 0.1) is 0 Å². The summed E-state index contributed by atoms with van der Waals surface area (Å²) in [5.74, 6) is 0.0455. The van der Waals surface area contributed by atoms with Crippen LogP contribution in [0.4, 0.5) is 0 Å². The topological polar surface area (TPSA) is 17.1 Å². The monoisotopic (exact) mass is 188 g/mol. The average molecular weight is 189 g/mol. The number of hydrogen-bond acceptors (Lipinski definition) is 2. The third-order valence-corrected chi connectivity index (χ3v) is 2.80. The fourth-order valence-corrected chi connectivity index (χ4v) is 1.66. The molecule has 1 heterocycles. The molecule has 1 unspecified atom stereocenters. The van der Waals surface area contributed by atoms with Crippen molar-refractivity contribution < 1.29 is 4.79 Å². The van der Waals surface area contributed by atoms with Crippen LogP contribution in [0.2, 0.25) is 0 Å². The van der Waals surface area contributed by atoms with E-state index in [1.807, 2.05) is 18.4 Å². The van der Waals surface area contributed by atoms with E-state index in [-0.39, 0.29) is 11.2 Å². The molecule has 3 heteroatoms. The number of carbonyl (C=O) groups excluding carboxylic acids is 1. The molecule has 1 rings (SSSR count). The van der Waals surface area contributed by atoms with Gasteiger partial charge in [-0.2, -0.15) is 0 Å². The fourth-order valence-electron chi connectivity index (χ4n) is 0.759. The van der Waals surface area contributed by atoms with Gasteiger partial charge in [-0.1, -0.05) is 13.0 Å². The lowest BCUT2D eigenvalue weighted by molar-refractivity contribution is 0.0989. The van der Waals surface area contributed by atoms with Gasteiger partial charge in [0.1, 0.15) is 0 Å². The number of alkyl halides is 1. The summed E-state index contributed by atoms with van der Waals surface area (Å²) >= 11 is 7.21. The number of halogens is 1. The van der Waals surface area contributed by atoms with E-state index in [2.05, 4.69) is 0 Å². The second kappa shape index (κ2) is 3.88. The minimum absolute atomic E-state index is 0.0455. The van der Waals surface area contributed by atoms with Gasteiger partial charge >= 0.3 is 0 Å². The molecule has 0 aromatic carbocycles. The van der Waals surface area contributed by atoms with Gasteiger partial charge in [-0.05, 0) is 17.9 Å². The first-order valence-electron chi connectivity index (χ1n) is 3.47. The van der Waals surface area contributed by atoms with Crippen LogP contribution < -0.4 is 0 Å². The van der Waals surface area contributed by atoms with Gasteiger partial charge in [0.05, 0.1) is 10.3 Å². The first kappa shape index (κ1) is 8.75. The van der Waals surface area contributed by atoms with Crippen LogP contribution in [0.25, 0.3) is 0 Å². The lowest BCUT2D eigenvalue weighted by Gasteiger charge is -2.00. The predicted molar refractivity (Wildman–Crippen MR) is 48.6 cm³/mol. The molecule has 0 aliphatic heterocycles. The van der Waals surface area contributed by atoms with E-state index in [0.717, 1.165) is 4.88 Å². The zero-order valence-electron chi connectivity index (χ0n) is 6.21. The van der Waals surface area contributed by atoms with Crippen molar-refractivity contribution in [3.05, 3.63) is 22.4 Å². The van der Waals surface area contributed by atoms with Gasteiger partial charge < -0.3 is 0 Å². The molecule has 0 radical (unpaired) electrons. The van der Waals surface area contributed by atoms with Crippen molar-refractivity contribution in [2.24, 2.45) is 0 Å². The largest absolute Gasteiger partial charge is 0.292 e. The Morgan fingerprint density at radius 2 is 2.55 bits per heavy atom. The average Bonchev–Trinajstić information content (AvgIpc) is 2.53. The molecule has 60 valence electrons. The molecule has 0 saturated heterocycles. The second-order valence-corrected chi connectivity index (χ2v) is 3.69. The van der Waals surface area contributed by atoms with Gasteiger partial charge in [-0.25, -0.2) is 0 Å². The highest BCUT2D eigenvalue weighted by Gasteiger charge is 2.15. The van der Waals surface area contributed by atoms with Crippen molar-refractivity contribution in [1.29, 1.82) is 0 Å². The molecule has 0 aliphatic rings. The van der Waals surface area contributed by atoms with Crippen LogP contribution in [0.1, 0.15) is 23.0 Å². The van der Waals surface area contributed by atoms with E-state index < -0.39 is 0 Å². The summed E-state index contributed by atoms with van der Waals surface area (Å²) in [6.07, 6.45) is 0.693. The van der Waals surface area contributed by atoms with Crippen molar-refractivity contribution in [3.63, 3.8) is 0 Å². The van der Waals surface area contributed by atoms with Crippen molar-refractivity contribution in [2.45, 2.75) is 18.7 Å². The van der Waals surface area contributed by atoms with Crippen LogP contribution in [-0.4, -0.2) is 11.2 Å². The molecule has 0 bridgehead atoms. The lowest BCUT2D eigenvalue weighted by Crippen LogP contribution is -2.11. The summed E-state index contributed by atoms with van der Waals surface area (Å²) in [6, 6.07) is 3.66. The molecule has 0 fully saturated rings. The Morgan fingerprint density at radius 1 is 1.82 bits per heavy atom. The molecule has 1 atom stereocenters. The third-order valence-electron chi connectivity index (χ3n) is 1.41. The van der Waals surface area contributed by atoms with E-state index in [9.17, 15) is 4.79 Å². The summed E-state index contributed by atoms with van der Waals surface area (Å²) in [4.78, 5) is 12.1. The molecule has 11 heavy (non-hydrogen) atoms. The summed E-state index contributed by atoms with van der Waals surface area (Å²) in [6.45, 7) is 1.91. The van der Waals surface area contributed by atoms with E-state index in [1.54, 1.807) is 6.07 Å². The molecule has 0 saturated carbocycles. The SMILES string of the molecule is CCC(Cl)C(=O)c1cccs1. The molecule has 1 aromatic rings. The maximum atomic E-state index is 11.3. The van der Waals surface area contributed by atoms with Gasteiger partial charge in [-0.15, -0.1) is 22.9 Å². The Balaban J connectivity index is 2.70. The molecular formula is C8H9ClOS. The van der Waals surface area contributed by atoms with Gasteiger partial charge in [0, 0.05) is 0 Å². The number of ketones is 1. The second-order valence-electron chi connectivity index (χ2n) is 2.22. The van der Waals surface area contributed by atoms with E-state index in [4.69, 9.17) is 11.6 Å². The Labute approximate surface area is 75.0 Å². The zero-order chi connectivity index (χ0) is 8.27. The van der Waals surface area contributed by atoms with Crippen molar-refractivity contribution in [2.75, 3.05) is 0 Å². The van der Waals surface area contributed by atoms with Crippen LogP contribution in [0.3, 0.4) is 0 Å². The Hall–Kier alpha value is -0.340. The summed E-state index contributed by atoms with van der Waals surface area (Å²) in [5, 5.41) is 1.53. The predicted octanol–water partition coefficient (Wildman–Crippen LogP) is 2.95. The van der Waals surface area contributed by atoms with Crippen molar-refractivity contribution >= 4 is 28.7 Å². The van der Waals surface area contributed by atoms with Crippen LogP contribution in [-0.2, 0) is 0 Å². The molecule has 0 aliphatic carbocycles. The number of carbonyl (C=O) groups is 1. The van der Waals surface area contributed by atoms with E-state index in [1.165, 1.54) is 11.3 Å². The third kappa shape index (κ3) is 2.04.